The molecule has 0 radical (unpaired) electrons. The van der Waals surface area contributed by atoms with Gasteiger partial charge in [-0.05, 0) is 25.3 Å². The van der Waals surface area contributed by atoms with Crippen molar-refractivity contribution in [3.63, 3.8) is 0 Å². The van der Waals surface area contributed by atoms with E-state index in [4.69, 9.17) is 4.74 Å². The third kappa shape index (κ3) is 3.01. The molecule has 4 rings (SSSR count). The third-order valence-corrected chi connectivity index (χ3v) is 5.61. The highest BCUT2D eigenvalue weighted by Crippen LogP contribution is 2.43. The first-order valence-electron chi connectivity index (χ1n) is 8.99. The summed E-state index contributed by atoms with van der Waals surface area (Å²) < 4.78 is 5.25. The highest BCUT2D eigenvalue weighted by molar-refractivity contribution is 6.00. The van der Waals surface area contributed by atoms with Crippen molar-refractivity contribution >= 4 is 17.5 Å². The lowest BCUT2D eigenvalue weighted by Gasteiger charge is -2.38. The minimum Gasteiger partial charge on any atom is -0.494 e. The van der Waals surface area contributed by atoms with E-state index in [9.17, 15) is 9.59 Å². The normalized spacial score (nSPS) is 18.8. The first-order valence-corrected chi connectivity index (χ1v) is 8.99. The van der Waals surface area contributed by atoms with Crippen LogP contribution in [0.25, 0.3) is 0 Å². The summed E-state index contributed by atoms with van der Waals surface area (Å²) in [4.78, 5) is 41.5. The number of hydrogen-bond acceptors (Lipinski definition) is 6. The molecule has 27 heavy (non-hydrogen) atoms. The fraction of sp³-hybridized carbons (Fsp3) is 0.421. The standard InChI is InChI=1S/C19H21N5O3/c1-27-16-12-20-6-2-15(16)17(25)23-7-3-19(4-8-23)5-9-24(18(19)26)14-10-21-13-22-11-14/h2,6,10-13H,3-5,7-9H2,1H3. The second kappa shape index (κ2) is 6.94. The van der Waals surface area contributed by atoms with Gasteiger partial charge in [0.25, 0.3) is 5.91 Å². The van der Waals surface area contributed by atoms with Crippen molar-refractivity contribution in [1.82, 2.24) is 19.9 Å². The molecule has 8 heteroatoms. The van der Waals surface area contributed by atoms with E-state index in [0.29, 0.717) is 43.8 Å². The average molecular weight is 367 g/mol. The zero-order valence-electron chi connectivity index (χ0n) is 15.2. The molecule has 2 aromatic heterocycles. The van der Waals surface area contributed by atoms with Gasteiger partial charge in [0.05, 0.1) is 42.4 Å². The van der Waals surface area contributed by atoms with Crippen molar-refractivity contribution in [1.29, 1.82) is 0 Å². The zero-order valence-corrected chi connectivity index (χ0v) is 15.2. The SMILES string of the molecule is COc1cnccc1C(=O)N1CCC2(CC1)CCN(c1cncnc1)C2=O. The fourth-order valence-corrected chi connectivity index (χ4v) is 3.99. The van der Waals surface area contributed by atoms with Crippen LogP contribution in [-0.2, 0) is 4.79 Å². The Morgan fingerprint density at radius 3 is 2.48 bits per heavy atom. The van der Waals surface area contributed by atoms with E-state index in [-0.39, 0.29) is 11.8 Å². The van der Waals surface area contributed by atoms with Crippen LogP contribution in [0.5, 0.6) is 5.75 Å². The van der Waals surface area contributed by atoms with Crippen LogP contribution in [0.15, 0.2) is 37.2 Å². The van der Waals surface area contributed by atoms with Gasteiger partial charge >= 0.3 is 0 Å². The van der Waals surface area contributed by atoms with E-state index in [1.165, 1.54) is 13.4 Å². The minimum absolute atomic E-state index is 0.0807. The highest BCUT2D eigenvalue weighted by atomic mass is 16.5. The first kappa shape index (κ1) is 17.4. The number of carbonyl (C=O) groups excluding carboxylic acids is 2. The van der Waals surface area contributed by atoms with Crippen LogP contribution < -0.4 is 9.64 Å². The third-order valence-electron chi connectivity index (χ3n) is 5.61. The van der Waals surface area contributed by atoms with Crippen LogP contribution in [0.1, 0.15) is 29.6 Å². The second-order valence-corrected chi connectivity index (χ2v) is 6.95. The molecule has 0 unspecified atom stereocenters. The predicted molar refractivity (Wildman–Crippen MR) is 97.4 cm³/mol. The molecule has 0 saturated carbocycles. The van der Waals surface area contributed by atoms with Gasteiger partial charge in [-0.15, -0.1) is 0 Å². The lowest BCUT2D eigenvalue weighted by atomic mass is 9.77. The maximum absolute atomic E-state index is 13.1. The number of amides is 2. The number of methoxy groups -OCH3 is 1. The number of carbonyl (C=O) groups is 2. The summed E-state index contributed by atoms with van der Waals surface area (Å²) in [5, 5.41) is 0. The molecule has 2 aliphatic rings. The molecule has 0 aromatic carbocycles. The van der Waals surface area contributed by atoms with Crippen LogP contribution >= 0.6 is 0 Å². The Morgan fingerprint density at radius 1 is 1.07 bits per heavy atom. The molecule has 8 nitrogen and oxygen atoms in total. The topological polar surface area (TPSA) is 88.5 Å². The Hall–Kier alpha value is -3.03. The number of hydrogen-bond donors (Lipinski definition) is 0. The molecule has 4 heterocycles. The molecule has 0 bridgehead atoms. The van der Waals surface area contributed by atoms with Gasteiger partial charge in [-0.1, -0.05) is 0 Å². The smallest absolute Gasteiger partial charge is 0.257 e. The van der Waals surface area contributed by atoms with Gasteiger partial charge in [0.15, 0.2) is 0 Å². The summed E-state index contributed by atoms with van der Waals surface area (Å²) in [6.45, 7) is 1.77. The number of anilines is 1. The van der Waals surface area contributed by atoms with E-state index in [2.05, 4.69) is 15.0 Å². The zero-order chi connectivity index (χ0) is 18.9. The molecule has 0 N–H and O–H groups in total. The first-order chi connectivity index (χ1) is 13.1. The Kier molecular flexibility index (Phi) is 4.47. The van der Waals surface area contributed by atoms with Crippen molar-refractivity contribution in [2.75, 3.05) is 31.6 Å². The lowest BCUT2D eigenvalue weighted by Crippen LogP contribution is -2.46. The predicted octanol–water partition coefficient (Wildman–Crippen LogP) is 1.54. The highest BCUT2D eigenvalue weighted by Gasteiger charge is 2.49. The van der Waals surface area contributed by atoms with Crippen LogP contribution in [0.4, 0.5) is 5.69 Å². The number of nitrogens with zero attached hydrogens (tertiary/aromatic N) is 5. The van der Waals surface area contributed by atoms with Gasteiger partial charge in [-0.25, -0.2) is 9.97 Å². The molecule has 1 spiro atoms. The number of pyridine rings is 1. The summed E-state index contributed by atoms with van der Waals surface area (Å²) in [5.41, 5.74) is 0.846. The number of aromatic nitrogens is 3. The molecule has 2 saturated heterocycles. The molecule has 140 valence electrons. The van der Waals surface area contributed by atoms with Crippen molar-refractivity contribution in [3.8, 4) is 5.75 Å². The summed E-state index contributed by atoms with van der Waals surface area (Å²) in [7, 11) is 1.53. The van der Waals surface area contributed by atoms with Gasteiger partial charge in [0.1, 0.15) is 12.1 Å². The van der Waals surface area contributed by atoms with Gasteiger partial charge in [0, 0.05) is 25.8 Å². The van der Waals surface area contributed by atoms with E-state index >= 15 is 0 Å². The van der Waals surface area contributed by atoms with Crippen LogP contribution in [0, 0.1) is 5.41 Å². The summed E-state index contributed by atoms with van der Waals surface area (Å²) in [5.74, 6) is 0.503. The Bertz CT molecular complexity index is 849. The lowest BCUT2D eigenvalue weighted by molar-refractivity contribution is -0.127. The molecule has 2 fully saturated rings. The Balaban J connectivity index is 1.46. The van der Waals surface area contributed by atoms with E-state index in [0.717, 1.165) is 12.1 Å². The largest absolute Gasteiger partial charge is 0.494 e. The van der Waals surface area contributed by atoms with Crippen LogP contribution in [-0.4, -0.2) is 58.4 Å². The van der Waals surface area contributed by atoms with Gasteiger partial charge in [-0.2, -0.15) is 0 Å². The molecule has 2 aliphatic heterocycles. The summed E-state index contributed by atoms with van der Waals surface area (Å²) in [6.07, 6.45) is 10.0. The van der Waals surface area contributed by atoms with E-state index in [1.54, 1.807) is 40.7 Å². The number of piperidine rings is 1. The van der Waals surface area contributed by atoms with E-state index in [1.807, 2.05) is 0 Å². The molecule has 2 amide bonds. The van der Waals surface area contributed by atoms with Gasteiger partial charge in [-0.3, -0.25) is 14.6 Å². The average Bonchev–Trinajstić information content (AvgIpc) is 3.04. The van der Waals surface area contributed by atoms with Gasteiger partial charge in [0.2, 0.25) is 5.91 Å². The maximum atomic E-state index is 13.1. The summed E-state index contributed by atoms with van der Waals surface area (Å²) >= 11 is 0. The minimum atomic E-state index is -0.394. The van der Waals surface area contributed by atoms with Crippen molar-refractivity contribution < 1.29 is 14.3 Å². The molecular formula is C19H21N5O3. The molecular weight excluding hydrogens is 346 g/mol. The summed E-state index contributed by atoms with van der Waals surface area (Å²) in [6, 6.07) is 1.67. The quantitative estimate of drug-likeness (QED) is 0.818. The van der Waals surface area contributed by atoms with Crippen LogP contribution in [0.3, 0.4) is 0 Å². The van der Waals surface area contributed by atoms with Gasteiger partial charge < -0.3 is 14.5 Å². The molecule has 2 aromatic rings. The second-order valence-electron chi connectivity index (χ2n) is 6.95. The Morgan fingerprint density at radius 2 is 1.78 bits per heavy atom. The monoisotopic (exact) mass is 367 g/mol. The maximum Gasteiger partial charge on any atom is 0.257 e. The van der Waals surface area contributed by atoms with Crippen molar-refractivity contribution in [2.45, 2.75) is 19.3 Å². The number of rotatable bonds is 3. The number of likely N-dealkylation sites (tertiary alicyclic amines) is 1. The Labute approximate surface area is 157 Å². The molecule has 0 aliphatic carbocycles. The fourth-order valence-electron chi connectivity index (χ4n) is 3.99. The van der Waals surface area contributed by atoms with Crippen LogP contribution in [0.2, 0.25) is 0 Å². The number of ether oxygens (including phenoxy) is 1. The molecule has 0 atom stereocenters. The van der Waals surface area contributed by atoms with Crippen molar-refractivity contribution in [3.05, 3.63) is 42.7 Å². The van der Waals surface area contributed by atoms with Crippen molar-refractivity contribution in [2.24, 2.45) is 5.41 Å². The van der Waals surface area contributed by atoms with E-state index < -0.39 is 5.41 Å².